The van der Waals surface area contributed by atoms with Crippen LogP contribution < -0.4 is 0 Å². The van der Waals surface area contributed by atoms with Gasteiger partial charge in [-0.2, -0.15) is 0 Å². The van der Waals surface area contributed by atoms with E-state index in [0.717, 1.165) is 44.6 Å². The lowest BCUT2D eigenvalue weighted by molar-refractivity contribution is 1.11. The van der Waals surface area contributed by atoms with Crippen molar-refractivity contribution < 1.29 is 0 Å². The van der Waals surface area contributed by atoms with Crippen LogP contribution in [-0.4, -0.2) is 18.9 Å². The van der Waals surface area contributed by atoms with Crippen molar-refractivity contribution in [3.05, 3.63) is 115 Å². The van der Waals surface area contributed by atoms with Crippen molar-refractivity contribution in [2.45, 2.75) is 0 Å². The highest BCUT2D eigenvalue weighted by Gasteiger charge is 2.20. The lowest BCUT2D eigenvalue weighted by atomic mass is 10.0. The number of nitrogens with zero attached hydrogens (tertiary/aromatic N) is 3. The molecule has 0 aliphatic rings. The highest BCUT2D eigenvalue weighted by Crippen LogP contribution is 2.37. The van der Waals surface area contributed by atoms with Gasteiger partial charge in [0.2, 0.25) is 5.78 Å². The molecule has 0 atom stereocenters. The second-order valence-corrected chi connectivity index (χ2v) is 9.01. The Morgan fingerprint density at radius 1 is 0.600 bits per heavy atom. The number of aromatic nitrogens is 4. The van der Waals surface area contributed by atoms with Gasteiger partial charge in [0.25, 0.3) is 0 Å². The van der Waals surface area contributed by atoms with Gasteiger partial charge in [-0.25, -0.2) is 4.98 Å². The number of benzene rings is 5. The van der Waals surface area contributed by atoms with Gasteiger partial charge in [-0.05, 0) is 54.1 Å². The Kier molecular flexibility index (Phi) is 3.63. The SMILES string of the molecule is c1ccc(-n2c3c(-c4ccc5[nH]c6ccccc6c5c4)cccc3n3c4ccccc4nc23)cc1. The van der Waals surface area contributed by atoms with Gasteiger partial charge in [0.05, 0.1) is 22.1 Å². The van der Waals surface area contributed by atoms with E-state index in [1.165, 1.54) is 21.9 Å². The lowest BCUT2D eigenvalue weighted by Crippen LogP contribution is -1.96. The molecule has 0 radical (unpaired) electrons. The summed E-state index contributed by atoms with van der Waals surface area (Å²) in [6, 6.07) is 40.7. The molecule has 1 N–H and O–H groups in total. The molecule has 164 valence electrons. The standard InChI is InChI=1S/C31H20N4/c1-2-9-21(10-3-1)34-30-22(20-17-18-26-24(19-20)23-11-4-5-13-25(23)32-26)12-8-16-29(30)35-28-15-7-6-14-27(28)33-31(34)35/h1-19,32H. The van der Waals surface area contributed by atoms with E-state index in [0.29, 0.717) is 0 Å². The summed E-state index contributed by atoms with van der Waals surface area (Å²) >= 11 is 0. The average Bonchev–Trinajstić information content (AvgIpc) is 3.57. The summed E-state index contributed by atoms with van der Waals surface area (Å²) in [4.78, 5) is 8.62. The summed E-state index contributed by atoms with van der Waals surface area (Å²) in [5, 5.41) is 2.49. The third-order valence-corrected chi connectivity index (χ3v) is 7.05. The Bertz CT molecular complexity index is 2050. The second kappa shape index (κ2) is 6.84. The Labute approximate surface area is 200 Å². The van der Waals surface area contributed by atoms with Gasteiger partial charge in [-0.15, -0.1) is 0 Å². The van der Waals surface area contributed by atoms with Crippen molar-refractivity contribution in [1.82, 2.24) is 18.9 Å². The van der Waals surface area contributed by atoms with Gasteiger partial charge in [-0.3, -0.25) is 8.97 Å². The number of hydrogen-bond donors (Lipinski definition) is 1. The molecule has 0 spiro atoms. The summed E-state index contributed by atoms with van der Waals surface area (Å²) in [6.07, 6.45) is 0. The topological polar surface area (TPSA) is 38.0 Å². The molecule has 8 aromatic rings. The molecule has 5 aromatic carbocycles. The maximum atomic E-state index is 5.07. The van der Waals surface area contributed by atoms with Crippen LogP contribution in [-0.2, 0) is 0 Å². The third kappa shape index (κ3) is 2.53. The van der Waals surface area contributed by atoms with E-state index >= 15 is 0 Å². The summed E-state index contributed by atoms with van der Waals surface area (Å²) < 4.78 is 4.58. The molecule has 0 aliphatic carbocycles. The van der Waals surface area contributed by atoms with Gasteiger partial charge >= 0.3 is 0 Å². The molecule has 0 aliphatic heterocycles. The van der Waals surface area contributed by atoms with Crippen LogP contribution in [0.3, 0.4) is 0 Å². The number of hydrogen-bond acceptors (Lipinski definition) is 1. The maximum absolute atomic E-state index is 5.07. The molecule has 0 bridgehead atoms. The van der Waals surface area contributed by atoms with Crippen LogP contribution in [0.25, 0.3) is 66.5 Å². The van der Waals surface area contributed by atoms with E-state index in [-0.39, 0.29) is 0 Å². The predicted octanol–water partition coefficient (Wildman–Crippen LogP) is 7.73. The zero-order valence-corrected chi connectivity index (χ0v) is 18.8. The number of fused-ring (bicyclic) bond motifs is 8. The van der Waals surface area contributed by atoms with Crippen LogP contribution in [0.15, 0.2) is 115 Å². The van der Waals surface area contributed by atoms with Crippen molar-refractivity contribution in [2.75, 3.05) is 0 Å². The van der Waals surface area contributed by atoms with Crippen LogP contribution in [0.2, 0.25) is 0 Å². The zero-order valence-electron chi connectivity index (χ0n) is 18.8. The van der Waals surface area contributed by atoms with Gasteiger partial charge < -0.3 is 4.98 Å². The molecule has 0 amide bonds. The van der Waals surface area contributed by atoms with Crippen LogP contribution in [0.1, 0.15) is 0 Å². The van der Waals surface area contributed by atoms with Crippen LogP contribution in [0, 0.1) is 0 Å². The number of imidazole rings is 2. The fourth-order valence-corrected chi connectivity index (χ4v) is 5.52. The van der Waals surface area contributed by atoms with Crippen LogP contribution in [0.5, 0.6) is 0 Å². The van der Waals surface area contributed by atoms with Crippen molar-refractivity contribution >= 4 is 49.7 Å². The molecule has 0 saturated carbocycles. The highest BCUT2D eigenvalue weighted by atomic mass is 15.2. The summed E-state index contributed by atoms with van der Waals surface area (Å²) in [5.41, 5.74) is 10.2. The monoisotopic (exact) mass is 448 g/mol. The Morgan fingerprint density at radius 2 is 1.37 bits per heavy atom. The van der Waals surface area contributed by atoms with Gasteiger partial charge in [-0.1, -0.05) is 66.7 Å². The molecule has 0 unspecified atom stereocenters. The quantitative estimate of drug-likeness (QED) is 0.289. The zero-order chi connectivity index (χ0) is 22.9. The second-order valence-electron chi connectivity index (χ2n) is 9.01. The molecular weight excluding hydrogens is 428 g/mol. The minimum atomic E-state index is 0.924. The number of nitrogens with one attached hydrogen (secondary N) is 1. The minimum absolute atomic E-state index is 0.924. The molecule has 3 aromatic heterocycles. The Balaban J connectivity index is 1.52. The maximum Gasteiger partial charge on any atom is 0.220 e. The molecule has 3 heterocycles. The first-order valence-corrected chi connectivity index (χ1v) is 11.8. The minimum Gasteiger partial charge on any atom is -0.355 e. The van der Waals surface area contributed by atoms with E-state index in [1.807, 2.05) is 6.07 Å². The smallest absolute Gasteiger partial charge is 0.220 e. The average molecular weight is 449 g/mol. The van der Waals surface area contributed by atoms with E-state index in [9.17, 15) is 0 Å². The van der Waals surface area contributed by atoms with Gasteiger partial charge in [0.15, 0.2) is 0 Å². The molecule has 35 heavy (non-hydrogen) atoms. The summed E-state index contributed by atoms with van der Waals surface area (Å²) in [5.74, 6) is 0.924. The van der Waals surface area contributed by atoms with Gasteiger partial charge in [0, 0.05) is 33.1 Å². The number of H-pyrrole nitrogens is 1. The predicted molar refractivity (Wildman–Crippen MR) is 144 cm³/mol. The van der Waals surface area contributed by atoms with Crippen molar-refractivity contribution in [2.24, 2.45) is 0 Å². The van der Waals surface area contributed by atoms with E-state index in [1.54, 1.807) is 0 Å². The number of rotatable bonds is 2. The fourth-order valence-electron chi connectivity index (χ4n) is 5.52. The number of aromatic amines is 1. The number of para-hydroxylation sites is 5. The fraction of sp³-hybridized carbons (Fsp3) is 0. The van der Waals surface area contributed by atoms with E-state index < -0.39 is 0 Å². The van der Waals surface area contributed by atoms with Crippen molar-refractivity contribution in [1.29, 1.82) is 0 Å². The molecular formula is C31H20N4. The Hall–Kier alpha value is -4.83. The Morgan fingerprint density at radius 3 is 2.31 bits per heavy atom. The first kappa shape index (κ1) is 18.6. The highest BCUT2D eigenvalue weighted by molar-refractivity contribution is 6.09. The normalized spacial score (nSPS) is 12.0. The van der Waals surface area contributed by atoms with Crippen LogP contribution in [0.4, 0.5) is 0 Å². The van der Waals surface area contributed by atoms with E-state index in [2.05, 4.69) is 123 Å². The largest absolute Gasteiger partial charge is 0.355 e. The molecule has 4 nitrogen and oxygen atoms in total. The van der Waals surface area contributed by atoms with Gasteiger partial charge in [0.1, 0.15) is 0 Å². The molecule has 0 fully saturated rings. The van der Waals surface area contributed by atoms with Crippen molar-refractivity contribution in [3.8, 4) is 16.8 Å². The lowest BCUT2D eigenvalue weighted by Gasteiger charge is -2.10. The van der Waals surface area contributed by atoms with Crippen LogP contribution >= 0.6 is 0 Å². The third-order valence-electron chi connectivity index (χ3n) is 7.05. The summed E-state index contributed by atoms with van der Waals surface area (Å²) in [6.45, 7) is 0. The van der Waals surface area contributed by atoms with E-state index in [4.69, 9.17) is 4.98 Å². The summed E-state index contributed by atoms with van der Waals surface area (Å²) in [7, 11) is 0. The first-order valence-electron chi connectivity index (χ1n) is 11.8. The molecule has 4 heteroatoms. The molecule has 0 saturated heterocycles. The molecule has 8 rings (SSSR count). The van der Waals surface area contributed by atoms with Crippen molar-refractivity contribution in [3.63, 3.8) is 0 Å². The first-order chi connectivity index (χ1) is 17.4.